The van der Waals surface area contributed by atoms with E-state index >= 15 is 0 Å². The van der Waals surface area contributed by atoms with Gasteiger partial charge in [-0.05, 0) is 39.7 Å². The van der Waals surface area contributed by atoms with Crippen LogP contribution in [0.3, 0.4) is 0 Å². The Morgan fingerprint density at radius 3 is 2.28 bits per heavy atom. The zero-order valence-corrected chi connectivity index (χ0v) is 20.8. The number of likely N-dealkylation sites (tertiary alicyclic amines) is 1. The summed E-state index contributed by atoms with van der Waals surface area (Å²) in [5, 5.41) is 3.46. The van der Waals surface area contributed by atoms with Crippen molar-refractivity contribution in [1.29, 1.82) is 0 Å². The summed E-state index contributed by atoms with van der Waals surface area (Å²) in [6, 6.07) is 0.759. The maximum Gasteiger partial charge on any atom is 0.236 e. The number of guanidine groups is 1. The van der Waals surface area contributed by atoms with E-state index < -0.39 is 0 Å². The number of nitrogens with one attached hydrogen (secondary N) is 1. The summed E-state index contributed by atoms with van der Waals surface area (Å²) in [5.41, 5.74) is 0. The number of piperazine rings is 1. The lowest BCUT2D eigenvalue weighted by Crippen LogP contribution is -2.54. The average Bonchev–Trinajstić information content (AvgIpc) is 3.42. The van der Waals surface area contributed by atoms with Crippen LogP contribution in [0.2, 0.25) is 0 Å². The van der Waals surface area contributed by atoms with Gasteiger partial charge in [-0.3, -0.25) is 14.7 Å². The number of halogens is 1. The van der Waals surface area contributed by atoms with E-state index in [4.69, 9.17) is 4.99 Å². The highest BCUT2D eigenvalue weighted by atomic mass is 127. The molecule has 0 bridgehead atoms. The van der Waals surface area contributed by atoms with Gasteiger partial charge < -0.3 is 20.0 Å². The Morgan fingerprint density at radius 1 is 1.00 bits per heavy atom. The van der Waals surface area contributed by atoms with Gasteiger partial charge in [-0.2, -0.15) is 0 Å². The van der Waals surface area contributed by atoms with E-state index in [0.717, 1.165) is 83.7 Å². The Labute approximate surface area is 194 Å². The van der Waals surface area contributed by atoms with E-state index in [1.165, 1.54) is 25.7 Å². The summed E-state index contributed by atoms with van der Waals surface area (Å²) < 4.78 is 0. The van der Waals surface area contributed by atoms with Gasteiger partial charge in [-0.1, -0.05) is 12.8 Å². The molecule has 1 aliphatic carbocycles. The molecule has 168 valence electrons. The number of aliphatic imine (C=N–C) groups is 1. The standard InChI is InChI=1S/C21H40N6O.HI/c1-3-22-21(23-10-13-24(2)19-8-4-5-9-19)27-16-14-25(15-17-27)18-20(28)26-11-6-7-12-26;/h19H,3-18H2,1-2H3,(H,22,23);1H. The summed E-state index contributed by atoms with van der Waals surface area (Å²) in [6.07, 6.45) is 7.78. The van der Waals surface area contributed by atoms with Gasteiger partial charge in [0, 0.05) is 58.4 Å². The van der Waals surface area contributed by atoms with Gasteiger partial charge in [0.05, 0.1) is 13.1 Å². The highest BCUT2D eigenvalue weighted by Crippen LogP contribution is 2.21. The lowest BCUT2D eigenvalue weighted by atomic mass is 10.2. The summed E-state index contributed by atoms with van der Waals surface area (Å²) >= 11 is 0. The first-order valence-electron chi connectivity index (χ1n) is 11.4. The SMILES string of the molecule is CCNC(=NCCN(C)C1CCCC1)N1CCN(CC(=O)N2CCCC2)CC1.I. The lowest BCUT2D eigenvalue weighted by Gasteiger charge is -2.36. The number of amides is 1. The van der Waals surface area contributed by atoms with E-state index in [1.54, 1.807) is 0 Å². The molecular weight excluding hydrogens is 479 g/mol. The molecule has 0 atom stereocenters. The van der Waals surface area contributed by atoms with Gasteiger partial charge >= 0.3 is 0 Å². The van der Waals surface area contributed by atoms with Gasteiger partial charge in [-0.15, -0.1) is 24.0 Å². The average molecular weight is 521 g/mol. The second-order valence-corrected chi connectivity index (χ2v) is 8.51. The third-order valence-corrected chi connectivity index (χ3v) is 6.49. The maximum absolute atomic E-state index is 12.4. The fraction of sp³-hybridized carbons (Fsp3) is 0.905. The van der Waals surface area contributed by atoms with Crippen molar-refractivity contribution in [3.63, 3.8) is 0 Å². The number of nitrogens with zero attached hydrogens (tertiary/aromatic N) is 5. The second-order valence-electron chi connectivity index (χ2n) is 8.51. The molecule has 3 aliphatic rings. The molecule has 1 saturated carbocycles. The normalized spacial score (nSPS) is 21.7. The Kier molecular flexibility index (Phi) is 11.0. The van der Waals surface area contributed by atoms with Crippen molar-refractivity contribution in [1.82, 2.24) is 24.9 Å². The third-order valence-electron chi connectivity index (χ3n) is 6.49. The van der Waals surface area contributed by atoms with Crippen molar-refractivity contribution >= 4 is 35.8 Å². The highest BCUT2D eigenvalue weighted by Gasteiger charge is 2.24. The fourth-order valence-corrected chi connectivity index (χ4v) is 4.64. The Bertz CT molecular complexity index is 511. The van der Waals surface area contributed by atoms with Crippen LogP contribution in [-0.2, 0) is 4.79 Å². The van der Waals surface area contributed by atoms with Crippen molar-refractivity contribution in [2.45, 2.75) is 51.5 Å². The number of carbonyl (C=O) groups excluding carboxylic acids is 1. The second kappa shape index (κ2) is 12.9. The Hall–Kier alpha value is -0.610. The number of hydrogen-bond donors (Lipinski definition) is 1. The van der Waals surface area contributed by atoms with Gasteiger partial charge in [0.1, 0.15) is 0 Å². The Balaban J connectivity index is 0.00000300. The molecule has 0 spiro atoms. The molecule has 8 heteroatoms. The molecule has 3 fully saturated rings. The van der Waals surface area contributed by atoms with E-state index in [-0.39, 0.29) is 24.0 Å². The lowest BCUT2D eigenvalue weighted by molar-refractivity contribution is -0.131. The quantitative estimate of drug-likeness (QED) is 0.315. The molecule has 2 saturated heterocycles. The molecule has 29 heavy (non-hydrogen) atoms. The number of likely N-dealkylation sites (N-methyl/N-ethyl adjacent to an activating group) is 1. The van der Waals surface area contributed by atoms with E-state index in [1.807, 2.05) is 4.90 Å². The molecule has 2 heterocycles. The number of hydrogen-bond acceptors (Lipinski definition) is 4. The minimum absolute atomic E-state index is 0. The molecule has 3 rings (SSSR count). The topological polar surface area (TPSA) is 54.4 Å². The summed E-state index contributed by atoms with van der Waals surface area (Å²) in [5.74, 6) is 1.34. The van der Waals surface area contributed by atoms with Crippen LogP contribution in [-0.4, -0.2) is 110 Å². The first kappa shape index (κ1) is 24.7. The first-order valence-corrected chi connectivity index (χ1v) is 11.4. The number of rotatable bonds is 7. The van der Waals surface area contributed by atoms with Crippen LogP contribution < -0.4 is 5.32 Å². The smallest absolute Gasteiger partial charge is 0.236 e. The Morgan fingerprint density at radius 2 is 1.66 bits per heavy atom. The van der Waals surface area contributed by atoms with Crippen molar-refractivity contribution in [2.75, 3.05) is 72.5 Å². The van der Waals surface area contributed by atoms with Crippen molar-refractivity contribution in [2.24, 2.45) is 4.99 Å². The minimum atomic E-state index is 0. The van der Waals surface area contributed by atoms with Crippen molar-refractivity contribution in [3.05, 3.63) is 0 Å². The molecular formula is C21H41IN6O. The summed E-state index contributed by atoms with van der Waals surface area (Å²) in [4.78, 5) is 26.4. The van der Waals surface area contributed by atoms with E-state index in [2.05, 4.69) is 34.0 Å². The molecule has 0 unspecified atom stereocenters. The monoisotopic (exact) mass is 520 g/mol. The molecule has 7 nitrogen and oxygen atoms in total. The maximum atomic E-state index is 12.4. The number of carbonyl (C=O) groups is 1. The molecule has 0 aromatic heterocycles. The third kappa shape index (κ3) is 7.54. The van der Waals surface area contributed by atoms with E-state index in [9.17, 15) is 4.79 Å². The fourth-order valence-electron chi connectivity index (χ4n) is 4.64. The van der Waals surface area contributed by atoms with Crippen LogP contribution in [0, 0.1) is 0 Å². The van der Waals surface area contributed by atoms with Crippen LogP contribution in [0.1, 0.15) is 45.4 Å². The van der Waals surface area contributed by atoms with Crippen LogP contribution in [0.4, 0.5) is 0 Å². The van der Waals surface area contributed by atoms with Crippen molar-refractivity contribution < 1.29 is 4.79 Å². The van der Waals surface area contributed by atoms with E-state index in [0.29, 0.717) is 12.5 Å². The molecule has 0 aromatic rings. The highest BCUT2D eigenvalue weighted by molar-refractivity contribution is 14.0. The minimum Gasteiger partial charge on any atom is -0.357 e. The zero-order valence-electron chi connectivity index (χ0n) is 18.4. The predicted molar refractivity (Wildman–Crippen MR) is 130 cm³/mol. The molecule has 0 aromatic carbocycles. The largest absolute Gasteiger partial charge is 0.357 e. The van der Waals surface area contributed by atoms with Crippen molar-refractivity contribution in [3.8, 4) is 0 Å². The first-order chi connectivity index (χ1) is 13.7. The van der Waals surface area contributed by atoms with Crippen LogP contribution in [0.15, 0.2) is 4.99 Å². The predicted octanol–water partition coefficient (Wildman–Crippen LogP) is 1.68. The zero-order chi connectivity index (χ0) is 19.8. The van der Waals surface area contributed by atoms with Crippen LogP contribution in [0.5, 0.6) is 0 Å². The molecule has 1 N–H and O–H groups in total. The van der Waals surface area contributed by atoms with Gasteiger partial charge in [0.25, 0.3) is 0 Å². The van der Waals surface area contributed by atoms with Gasteiger partial charge in [0.15, 0.2) is 5.96 Å². The summed E-state index contributed by atoms with van der Waals surface area (Å²) in [6.45, 7) is 11.1. The van der Waals surface area contributed by atoms with Gasteiger partial charge in [-0.25, -0.2) is 0 Å². The molecule has 2 aliphatic heterocycles. The summed E-state index contributed by atoms with van der Waals surface area (Å²) in [7, 11) is 2.24. The van der Waals surface area contributed by atoms with Gasteiger partial charge in [0.2, 0.25) is 5.91 Å². The molecule has 0 radical (unpaired) electrons. The van der Waals surface area contributed by atoms with Crippen LogP contribution in [0.25, 0.3) is 0 Å². The molecule has 1 amide bonds. The van der Waals surface area contributed by atoms with Crippen LogP contribution >= 0.6 is 24.0 Å².